The number of hydrogen-bond donors (Lipinski definition) is 2. The van der Waals surface area contributed by atoms with Crippen molar-refractivity contribution in [3.63, 3.8) is 0 Å². The highest BCUT2D eigenvalue weighted by atomic mass is 16.5. The van der Waals surface area contributed by atoms with Crippen molar-refractivity contribution in [3.8, 4) is 0 Å². The number of carbonyl (C=O) groups excluding carboxylic acids is 2. The van der Waals surface area contributed by atoms with Crippen LogP contribution in [-0.4, -0.2) is 40.3 Å². The molecule has 0 aromatic heterocycles. The third-order valence-corrected chi connectivity index (χ3v) is 9.82. The summed E-state index contributed by atoms with van der Waals surface area (Å²) >= 11 is 0. The van der Waals surface area contributed by atoms with Crippen molar-refractivity contribution in [2.24, 2.45) is 34.5 Å². The molecular weight excluding hydrogens is 356 g/mol. The molecule has 1 aliphatic heterocycles. The van der Waals surface area contributed by atoms with Gasteiger partial charge < -0.3 is 14.9 Å². The first-order valence-corrected chi connectivity index (χ1v) is 11.0. The molecule has 0 saturated heterocycles. The van der Waals surface area contributed by atoms with Gasteiger partial charge in [-0.25, -0.2) is 4.79 Å². The van der Waals surface area contributed by atoms with E-state index in [-0.39, 0.29) is 34.4 Å². The first-order valence-electron chi connectivity index (χ1n) is 11.0. The smallest absolute Gasteiger partial charge is 0.331 e. The maximum absolute atomic E-state index is 12.4. The minimum absolute atomic E-state index is 0.0178. The van der Waals surface area contributed by atoms with Crippen molar-refractivity contribution < 1.29 is 24.5 Å². The molecule has 5 aliphatic rings. The Morgan fingerprint density at radius 2 is 1.86 bits per heavy atom. The highest BCUT2D eigenvalue weighted by Gasteiger charge is 2.68. The summed E-state index contributed by atoms with van der Waals surface area (Å²) in [5.41, 5.74) is -0.0481. The zero-order chi connectivity index (χ0) is 19.9. The molecule has 1 heterocycles. The van der Waals surface area contributed by atoms with Crippen LogP contribution in [-0.2, 0) is 14.3 Å². The lowest BCUT2D eigenvalue weighted by atomic mass is 9.43. The van der Waals surface area contributed by atoms with E-state index >= 15 is 0 Å². The number of aliphatic hydroxyl groups excluding tert-OH is 1. The van der Waals surface area contributed by atoms with Crippen LogP contribution in [0.15, 0.2) is 11.6 Å². The standard InChI is InChI=1S/C23H32O5/c1-21-11-19(25)18(24)10-14(21)3-4-17-16(21)5-7-22(2)15(6-8-23(17,22)27)13-9-20(26)28-12-13/h9,14-18,24,27H,3-8,10-12H2,1-2H3. The van der Waals surface area contributed by atoms with Crippen LogP contribution in [0.3, 0.4) is 0 Å². The van der Waals surface area contributed by atoms with Gasteiger partial charge in [0, 0.05) is 17.9 Å². The van der Waals surface area contributed by atoms with Gasteiger partial charge in [0.15, 0.2) is 5.78 Å². The molecule has 5 rings (SSSR count). The van der Waals surface area contributed by atoms with Gasteiger partial charge in [0.2, 0.25) is 0 Å². The highest BCUT2D eigenvalue weighted by Crippen LogP contribution is 2.69. The molecule has 154 valence electrons. The minimum Gasteiger partial charge on any atom is -0.458 e. The van der Waals surface area contributed by atoms with Gasteiger partial charge in [-0.1, -0.05) is 13.8 Å². The average Bonchev–Trinajstić information content (AvgIpc) is 3.17. The molecule has 0 aromatic rings. The largest absolute Gasteiger partial charge is 0.458 e. The fourth-order valence-corrected chi connectivity index (χ4v) is 8.24. The molecule has 5 heteroatoms. The molecule has 0 spiro atoms. The van der Waals surface area contributed by atoms with Crippen LogP contribution in [0.5, 0.6) is 0 Å². The van der Waals surface area contributed by atoms with E-state index in [2.05, 4.69) is 13.8 Å². The molecule has 5 nitrogen and oxygen atoms in total. The van der Waals surface area contributed by atoms with Gasteiger partial charge in [-0.05, 0) is 79.6 Å². The summed E-state index contributed by atoms with van der Waals surface area (Å²) in [5, 5.41) is 22.2. The van der Waals surface area contributed by atoms with E-state index in [1.807, 2.05) is 0 Å². The maximum atomic E-state index is 12.4. The number of ether oxygens (including phenoxy) is 1. The van der Waals surface area contributed by atoms with Gasteiger partial charge in [-0.2, -0.15) is 0 Å². The molecule has 4 saturated carbocycles. The van der Waals surface area contributed by atoms with E-state index in [4.69, 9.17) is 4.74 Å². The molecule has 28 heavy (non-hydrogen) atoms. The first-order chi connectivity index (χ1) is 13.2. The third kappa shape index (κ3) is 2.26. The SMILES string of the molecule is CC12CC(=O)C(O)CC1CCC1C2CCC2(C)C(C3=CC(=O)OC3)CCC12O. The quantitative estimate of drug-likeness (QED) is 0.675. The third-order valence-electron chi connectivity index (χ3n) is 9.82. The van der Waals surface area contributed by atoms with Crippen molar-refractivity contribution in [1.29, 1.82) is 0 Å². The molecular formula is C23H32O5. The number of carbonyl (C=O) groups is 2. The first kappa shape index (κ1) is 18.8. The molecule has 8 unspecified atom stereocenters. The lowest BCUT2D eigenvalue weighted by Crippen LogP contribution is -2.63. The number of Topliss-reactive ketones (excluding diaryl/α,β-unsaturated/α-hetero) is 1. The average molecular weight is 389 g/mol. The summed E-state index contributed by atoms with van der Waals surface area (Å²) in [5.74, 6) is 0.820. The predicted octanol–water partition coefficient (Wildman–Crippen LogP) is 2.78. The van der Waals surface area contributed by atoms with Crippen molar-refractivity contribution in [1.82, 2.24) is 0 Å². The fourth-order valence-electron chi connectivity index (χ4n) is 8.24. The van der Waals surface area contributed by atoms with Crippen LogP contribution < -0.4 is 0 Å². The Morgan fingerprint density at radius 1 is 1.07 bits per heavy atom. The number of hydrogen-bond acceptors (Lipinski definition) is 5. The number of fused-ring (bicyclic) bond motifs is 5. The van der Waals surface area contributed by atoms with Crippen molar-refractivity contribution in [3.05, 3.63) is 11.6 Å². The van der Waals surface area contributed by atoms with Crippen LogP contribution in [0.25, 0.3) is 0 Å². The van der Waals surface area contributed by atoms with E-state index in [1.165, 1.54) is 0 Å². The van der Waals surface area contributed by atoms with E-state index in [9.17, 15) is 19.8 Å². The van der Waals surface area contributed by atoms with E-state index in [0.29, 0.717) is 31.3 Å². The van der Waals surface area contributed by atoms with Crippen LogP contribution >= 0.6 is 0 Å². The Balaban J connectivity index is 1.48. The van der Waals surface area contributed by atoms with Gasteiger partial charge in [0.1, 0.15) is 12.7 Å². The molecule has 0 radical (unpaired) electrons. The normalized spacial score (nSPS) is 53.1. The van der Waals surface area contributed by atoms with Crippen molar-refractivity contribution in [2.75, 3.05) is 6.61 Å². The number of ketones is 1. The summed E-state index contributed by atoms with van der Waals surface area (Å²) in [4.78, 5) is 24.0. The van der Waals surface area contributed by atoms with Crippen molar-refractivity contribution >= 4 is 11.8 Å². The van der Waals surface area contributed by atoms with E-state index in [0.717, 1.165) is 44.1 Å². The summed E-state index contributed by atoms with van der Waals surface area (Å²) in [6.07, 6.45) is 7.43. The van der Waals surface area contributed by atoms with Gasteiger partial charge in [0.25, 0.3) is 0 Å². The van der Waals surface area contributed by atoms with E-state index < -0.39 is 11.7 Å². The Bertz CT molecular complexity index is 758. The molecule has 4 aliphatic carbocycles. The van der Waals surface area contributed by atoms with Crippen LogP contribution in [0.1, 0.15) is 65.2 Å². The molecule has 0 bridgehead atoms. The van der Waals surface area contributed by atoms with Gasteiger partial charge in [0.05, 0.1) is 5.60 Å². The Labute approximate surface area is 166 Å². The minimum atomic E-state index is -0.797. The summed E-state index contributed by atoms with van der Waals surface area (Å²) < 4.78 is 5.18. The molecule has 0 aromatic carbocycles. The highest BCUT2D eigenvalue weighted by molar-refractivity contribution is 5.85. The lowest BCUT2D eigenvalue weighted by Gasteiger charge is -2.63. The summed E-state index contributed by atoms with van der Waals surface area (Å²) in [6, 6.07) is 0. The summed E-state index contributed by atoms with van der Waals surface area (Å²) in [7, 11) is 0. The monoisotopic (exact) mass is 388 g/mol. The van der Waals surface area contributed by atoms with Crippen LogP contribution in [0.2, 0.25) is 0 Å². The number of aliphatic hydroxyl groups is 2. The van der Waals surface area contributed by atoms with Crippen molar-refractivity contribution in [2.45, 2.75) is 76.9 Å². The number of rotatable bonds is 1. The second kappa shape index (κ2) is 5.91. The number of esters is 1. The topological polar surface area (TPSA) is 83.8 Å². The summed E-state index contributed by atoms with van der Waals surface area (Å²) in [6.45, 7) is 4.83. The Hall–Kier alpha value is -1.20. The molecule has 8 atom stereocenters. The Kier molecular flexibility index (Phi) is 3.97. The van der Waals surface area contributed by atoms with E-state index in [1.54, 1.807) is 6.08 Å². The molecule has 2 N–H and O–H groups in total. The predicted molar refractivity (Wildman–Crippen MR) is 102 cm³/mol. The maximum Gasteiger partial charge on any atom is 0.331 e. The van der Waals surface area contributed by atoms with Gasteiger partial charge in [-0.3, -0.25) is 4.79 Å². The van der Waals surface area contributed by atoms with Gasteiger partial charge >= 0.3 is 5.97 Å². The second-order valence-electron chi connectivity index (χ2n) is 10.7. The van der Waals surface area contributed by atoms with Crippen LogP contribution in [0, 0.1) is 34.5 Å². The fraction of sp³-hybridized carbons (Fsp3) is 0.826. The Morgan fingerprint density at radius 3 is 2.57 bits per heavy atom. The zero-order valence-electron chi connectivity index (χ0n) is 16.9. The lowest BCUT2D eigenvalue weighted by molar-refractivity contribution is -0.207. The zero-order valence-corrected chi connectivity index (χ0v) is 16.9. The number of cyclic esters (lactones) is 1. The molecule has 0 amide bonds. The second-order valence-corrected chi connectivity index (χ2v) is 10.7. The molecule has 4 fully saturated rings. The van der Waals surface area contributed by atoms with Gasteiger partial charge in [-0.15, -0.1) is 0 Å². The van der Waals surface area contributed by atoms with Crippen LogP contribution in [0.4, 0.5) is 0 Å².